The van der Waals surface area contributed by atoms with Gasteiger partial charge >= 0.3 is 5.97 Å². The van der Waals surface area contributed by atoms with Crippen molar-refractivity contribution in [1.29, 1.82) is 5.26 Å². The molecule has 1 N–H and O–H groups in total. The molecule has 208 valence electrons. The minimum Gasteiger partial charge on any atom is -0.506 e. The predicted molar refractivity (Wildman–Crippen MR) is 166 cm³/mol. The van der Waals surface area contributed by atoms with E-state index in [2.05, 4.69) is 33.7 Å². The highest BCUT2D eigenvalue weighted by molar-refractivity contribution is 14.1. The maximum Gasteiger partial charge on any atom is 0.344 e. The average Bonchev–Trinajstić information content (AvgIpc) is 3.26. The lowest BCUT2D eigenvalue weighted by molar-refractivity contribution is -0.138. The van der Waals surface area contributed by atoms with Gasteiger partial charge in [-0.2, -0.15) is 5.26 Å². The van der Waals surface area contributed by atoms with Crippen LogP contribution in [0, 0.1) is 21.8 Å². The zero-order chi connectivity index (χ0) is 29.5. The second kappa shape index (κ2) is 13.5. The number of amides is 1. The summed E-state index contributed by atoms with van der Waals surface area (Å²) < 4.78 is 17.5. The van der Waals surface area contributed by atoms with E-state index in [1.807, 2.05) is 25.1 Å². The van der Waals surface area contributed by atoms with Crippen molar-refractivity contribution in [2.24, 2.45) is 4.99 Å². The molecule has 1 amide bonds. The Labute approximate surface area is 255 Å². The molecule has 1 aliphatic heterocycles. The molecular formula is C31H25IN2O6S. The fraction of sp³-hybridized carbons (Fsp3) is 0.161. The van der Waals surface area contributed by atoms with E-state index in [0.717, 1.165) is 26.5 Å². The molecule has 0 saturated carbocycles. The van der Waals surface area contributed by atoms with E-state index in [9.17, 15) is 20.0 Å². The molecule has 8 nitrogen and oxygen atoms in total. The summed E-state index contributed by atoms with van der Waals surface area (Å²) in [5.74, 6) is -0.700. The van der Waals surface area contributed by atoms with Crippen LogP contribution in [-0.4, -0.2) is 35.7 Å². The summed E-state index contributed by atoms with van der Waals surface area (Å²) in [4.78, 5) is 30.0. The van der Waals surface area contributed by atoms with Crippen LogP contribution in [0.15, 0.2) is 81.9 Å². The number of hydrogen-bond acceptors (Lipinski definition) is 8. The van der Waals surface area contributed by atoms with Gasteiger partial charge in [0.25, 0.3) is 5.91 Å². The topological polar surface area (TPSA) is 118 Å². The fourth-order valence-corrected chi connectivity index (χ4v) is 5.66. The average molecular weight is 681 g/mol. The summed E-state index contributed by atoms with van der Waals surface area (Å²) in [6.45, 7) is 3.83. The summed E-state index contributed by atoms with van der Waals surface area (Å²) in [6.07, 6.45) is 1.66. The molecule has 0 fully saturated rings. The lowest BCUT2D eigenvalue weighted by atomic mass is 10.1. The van der Waals surface area contributed by atoms with Crippen molar-refractivity contribution in [3.63, 3.8) is 0 Å². The molecule has 0 aliphatic carbocycles. The van der Waals surface area contributed by atoms with Gasteiger partial charge in [-0.15, -0.1) is 0 Å². The Morgan fingerprint density at radius 3 is 2.56 bits per heavy atom. The molecule has 1 heterocycles. The first-order chi connectivity index (χ1) is 19.7. The van der Waals surface area contributed by atoms with Gasteiger partial charge in [-0.05, 0) is 78.4 Å². The van der Waals surface area contributed by atoms with Crippen LogP contribution in [-0.2, 0) is 16.1 Å². The fourth-order valence-electron chi connectivity index (χ4n) is 3.86. The number of aliphatic imine (C=N–C) groups is 1. The highest BCUT2D eigenvalue weighted by Crippen LogP contribution is 2.41. The van der Waals surface area contributed by atoms with Crippen molar-refractivity contribution >= 4 is 57.3 Å². The normalized spacial score (nSPS) is 14.7. The Balaban J connectivity index is 1.66. The number of aliphatic hydroxyl groups excluding tert-OH is 1. The highest BCUT2D eigenvalue weighted by Gasteiger charge is 2.34. The summed E-state index contributed by atoms with van der Waals surface area (Å²) in [6, 6.07) is 19.8. The molecule has 3 aromatic rings. The second-order valence-corrected chi connectivity index (χ2v) is 10.9. The first-order valence-corrected chi connectivity index (χ1v) is 14.3. The molecule has 4 rings (SSSR count). The highest BCUT2D eigenvalue weighted by atomic mass is 127. The van der Waals surface area contributed by atoms with E-state index < -0.39 is 11.9 Å². The molecule has 0 spiro atoms. The number of nitrogens with zero attached hydrogens (tertiary/aromatic N) is 2. The number of hydrogen-bond donors (Lipinski definition) is 1. The van der Waals surface area contributed by atoms with Crippen molar-refractivity contribution in [2.45, 2.75) is 20.5 Å². The van der Waals surface area contributed by atoms with Gasteiger partial charge < -0.3 is 19.3 Å². The largest absolute Gasteiger partial charge is 0.506 e. The van der Waals surface area contributed by atoms with Gasteiger partial charge in [-0.3, -0.25) is 4.79 Å². The van der Waals surface area contributed by atoms with E-state index in [-0.39, 0.29) is 29.6 Å². The quantitative estimate of drug-likeness (QED) is 0.205. The summed E-state index contributed by atoms with van der Waals surface area (Å²) in [7, 11) is 1.51. The number of halogens is 1. The van der Waals surface area contributed by atoms with Crippen LogP contribution < -0.4 is 9.47 Å². The number of methoxy groups -OCH3 is 1. The van der Waals surface area contributed by atoms with E-state index in [1.165, 1.54) is 7.11 Å². The molecule has 0 atom stereocenters. The third-order valence-corrected chi connectivity index (χ3v) is 7.75. The summed E-state index contributed by atoms with van der Waals surface area (Å²) in [5, 5.41) is 20.4. The molecule has 1 aliphatic rings. The Kier molecular flexibility index (Phi) is 9.86. The maximum absolute atomic E-state index is 12.9. The van der Waals surface area contributed by atoms with Crippen LogP contribution in [0.4, 0.5) is 0 Å². The number of rotatable bonds is 8. The standard InChI is InChI=1S/C31H25IN2O6S/c1-4-39-31(37)26-27(35)25(41-30(26)34-29(36)20-11-9-18(2)10-12-20)15-19-13-23(32)28(24(14-19)38-3)40-17-22-8-6-5-7-21(22)16-33/h5-15,35H,4,17H2,1-3H3/b25-15-,34-30?. The first kappa shape index (κ1) is 29.9. The molecule has 0 aromatic heterocycles. The van der Waals surface area contributed by atoms with Gasteiger partial charge in [0.1, 0.15) is 23.0 Å². The number of thioether (sulfide) groups is 1. The van der Waals surface area contributed by atoms with Crippen molar-refractivity contribution in [2.75, 3.05) is 13.7 Å². The second-order valence-electron chi connectivity index (χ2n) is 8.73. The monoisotopic (exact) mass is 680 g/mol. The number of carbonyl (C=O) groups excluding carboxylic acids is 2. The zero-order valence-electron chi connectivity index (χ0n) is 22.4. The molecule has 41 heavy (non-hydrogen) atoms. The number of esters is 1. The smallest absolute Gasteiger partial charge is 0.344 e. The van der Waals surface area contributed by atoms with Crippen LogP contribution in [0.25, 0.3) is 6.08 Å². The van der Waals surface area contributed by atoms with E-state index in [4.69, 9.17) is 14.2 Å². The molecule has 3 aromatic carbocycles. The Hall–Kier alpha value is -4.08. The third kappa shape index (κ3) is 6.99. The first-order valence-electron chi connectivity index (χ1n) is 12.4. The van der Waals surface area contributed by atoms with Crippen molar-refractivity contribution < 1.29 is 28.9 Å². The number of aliphatic hydroxyl groups is 1. The number of aryl methyl sites for hydroxylation is 1. The maximum atomic E-state index is 12.9. The molecule has 0 unspecified atom stereocenters. The van der Waals surface area contributed by atoms with E-state index in [1.54, 1.807) is 55.5 Å². The van der Waals surface area contributed by atoms with E-state index >= 15 is 0 Å². The SMILES string of the molecule is CCOC(=O)C1=C(O)/C(=C/c2cc(I)c(OCc3ccccc3C#N)c(OC)c2)SC1=NC(=O)c1ccc(C)cc1. The van der Waals surface area contributed by atoms with Gasteiger partial charge in [0.05, 0.1) is 33.8 Å². The third-order valence-electron chi connectivity index (χ3n) is 5.93. The van der Waals surface area contributed by atoms with Crippen LogP contribution in [0.5, 0.6) is 11.5 Å². The van der Waals surface area contributed by atoms with Crippen molar-refractivity contribution in [3.05, 3.63) is 108 Å². The molecule has 0 bridgehead atoms. The minimum atomic E-state index is -0.773. The van der Waals surface area contributed by atoms with Crippen LogP contribution in [0.3, 0.4) is 0 Å². The number of ether oxygens (including phenoxy) is 3. The number of benzene rings is 3. The van der Waals surface area contributed by atoms with E-state index in [0.29, 0.717) is 33.1 Å². The van der Waals surface area contributed by atoms with Gasteiger partial charge in [0.15, 0.2) is 11.5 Å². The number of carbonyl (C=O) groups is 2. The van der Waals surface area contributed by atoms with Crippen molar-refractivity contribution in [3.8, 4) is 17.6 Å². The van der Waals surface area contributed by atoms with Crippen LogP contribution in [0.2, 0.25) is 0 Å². The Morgan fingerprint density at radius 1 is 1.15 bits per heavy atom. The van der Waals surface area contributed by atoms with Gasteiger partial charge in [0, 0.05) is 11.1 Å². The van der Waals surface area contributed by atoms with Crippen LogP contribution in [0.1, 0.15) is 39.5 Å². The summed E-state index contributed by atoms with van der Waals surface area (Å²) >= 11 is 3.12. The summed E-state index contributed by atoms with van der Waals surface area (Å²) in [5.41, 5.74) is 3.11. The Bertz CT molecular complexity index is 1640. The van der Waals surface area contributed by atoms with Gasteiger partial charge in [-0.25, -0.2) is 9.79 Å². The van der Waals surface area contributed by atoms with Gasteiger partial charge in [-0.1, -0.05) is 47.7 Å². The molecule has 0 saturated heterocycles. The van der Waals surface area contributed by atoms with Crippen molar-refractivity contribution in [1.82, 2.24) is 0 Å². The zero-order valence-corrected chi connectivity index (χ0v) is 25.4. The van der Waals surface area contributed by atoms with Crippen LogP contribution >= 0.6 is 34.4 Å². The number of nitriles is 1. The molecular weight excluding hydrogens is 655 g/mol. The van der Waals surface area contributed by atoms with Gasteiger partial charge in [0.2, 0.25) is 0 Å². The molecule has 0 radical (unpaired) electrons. The minimum absolute atomic E-state index is 0.0514. The Morgan fingerprint density at radius 2 is 1.88 bits per heavy atom. The lowest BCUT2D eigenvalue weighted by Gasteiger charge is -2.14. The lowest BCUT2D eigenvalue weighted by Crippen LogP contribution is -2.14. The molecule has 10 heteroatoms. The predicted octanol–water partition coefficient (Wildman–Crippen LogP) is 6.76.